The summed E-state index contributed by atoms with van der Waals surface area (Å²) in [6, 6.07) is 20.8. The van der Waals surface area contributed by atoms with E-state index >= 15 is 0 Å². The molecule has 0 saturated carbocycles. The zero-order valence-electron chi connectivity index (χ0n) is 12.8. The van der Waals surface area contributed by atoms with Gasteiger partial charge in [0, 0.05) is 5.41 Å². The molecule has 0 bridgehead atoms. The monoisotopic (exact) mass is 279 g/mol. The first-order chi connectivity index (χ1) is 10.1. The molecule has 0 unspecified atom stereocenters. The highest BCUT2D eigenvalue weighted by Gasteiger charge is 2.37. The molecule has 2 nitrogen and oxygen atoms in total. The molecule has 2 heteroatoms. The average molecular weight is 279 g/mol. The van der Waals surface area contributed by atoms with Crippen LogP contribution in [0.25, 0.3) is 0 Å². The number of rotatable bonds is 2. The van der Waals surface area contributed by atoms with Crippen LogP contribution in [0.4, 0.5) is 0 Å². The molecule has 2 atom stereocenters. The Kier molecular flexibility index (Phi) is 3.54. The number of nitrogens with zero attached hydrogens (tertiary/aromatic N) is 1. The molecule has 0 fully saturated rings. The van der Waals surface area contributed by atoms with E-state index in [4.69, 9.17) is 9.73 Å². The van der Waals surface area contributed by atoms with Crippen molar-refractivity contribution in [2.45, 2.75) is 32.9 Å². The Labute approximate surface area is 126 Å². The van der Waals surface area contributed by atoms with Gasteiger partial charge >= 0.3 is 0 Å². The van der Waals surface area contributed by atoms with E-state index in [0.29, 0.717) is 0 Å². The maximum Gasteiger partial charge on any atom is 0.190 e. The molecule has 0 radical (unpaired) electrons. The first-order valence-corrected chi connectivity index (χ1v) is 7.40. The third-order valence-electron chi connectivity index (χ3n) is 3.69. The normalized spacial score (nSPS) is 21.8. The largest absolute Gasteiger partial charge is 0.470 e. The van der Waals surface area contributed by atoms with Gasteiger partial charge in [-0.1, -0.05) is 81.4 Å². The minimum atomic E-state index is -0.0729. The molecule has 1 aliphatic rings. The number of hydrogen-bond donors (Lipinski definition) is 0. The van der Waals surface area contributed by atoms with Crippen LogP contribution in [-0.4, -0.2) is 5.90 Å². The Bertz CT molecular complexity index is 626. The third-order valence-corrected chi connectivity index (χ3v) is 3.69. The maximum atomic E-state index is 6.23. The fraction of sp³-hybridized carbons (Fsp3) is 0.316. The van der Waals surface area contributed by atoms with E-state index in [9.17, 15) is 0 Å². The zero-order chi connectivity index (χ0) is 14.9. The van der Waals surface area contributed by atoms with Crippen LogP contribution in [0.3, 0.4) is 0 Å². The third kappa shape index (κ3) is 2.85. The SMILES string of the molecule is CC(C)(C)C1=N[C@@H](c2ccccc2)[C@H](c2ccccc2)O1. The molecule has 0 saturated heterocycles. The predicted octanol–water partition coefficient (Wildman–Crippen LogP) is 4.94. The fourth-order valence-electron chi connectivity index (χ4n) is 2.57. The van der Waals surface area contributed by atoms with E-state index in [1.165, 1.54) is 11.1 Å². The highest BCUT2D eigenvalue weighted by molar-refractivity contribution is 5.83. The van der Waals surface area contributed by atoms with Gasteiger partial charge in [-0.15, -0.1) is 0 Å². The molecule has 0 amide bonds. The van der Waals surface area contributed by atoms with Gasteiger partial charge < -0.3 is 4.74 Å². The van der Waals surface area contributed by atoms with Crippen molar-refractivity contribution in [1.82, 2.24) is 0 Å². The second kappa shape index (κ2) is 5.36. The molecule has 1 aliphatic heterocycles. The van der Waals surface area contributed by atoms with Gasteiger partial charge in [0.1, 0.15) is 6.04 Å². The first-order valence-electron chi connectivity index (χ1n) is 7.40. The van der Waals surface area contributed by atoms with E-state index in [1.54, 1.807) is 0 Å². The van der Waals surface area contributed by atoms with E-state index in [1.807, 2.05) is 12.1 Å². The maximum absolute atomic E-state index is 6.23. The van der Waals surface area contributed by atoms with Crippen LogP contribution in [0.2, 0.25) is 0 Å². The smallest absolute Gasteiger partial charge is 0.190 e. The summed E-state index contributed by atoms with van der Waals surface area (Å²) < 4.78 is 6.23. The van der Waals surface area contributed by atoms with Crippen molar-refractivity contribution in [1.29, 1.82) is 0 Å². The molecule has 108 valence electrons. The van der Waals surface area contributed by atoms with Crippen LogP contribution in [0, 0.1) is 5.41 Å². The summed E-state index contributed by atoms with van der Waals surface area (Å²) in [5.41, 5.74) is 2.30. The highest BCUT2D eigenvalue weighted by atomic mass is 16.5. The minimum absolute atomic E-state index is 0.0304. The van der Waals surface area contributed by atoms with Crippen molar-refractivity contribution in [3.8, 4) is 0 Å². The fourth-order valence-corrected chi connectivity index (χ4v) is 2.57. The summed E-state index contributed by atoms with van der Waals surface area (Å²) in [6.07, 6.45) is -0.0391. The summed E-state index contributed by atoms with van der Waals surface area (Å²) >= 11 is 0. The van der Waals surface area contributed by atoms with Crippen LogP contribution in [0.5, 0.6) is 0 Å². The first kappa shape index (κ1) is 13.9. The molecule has 3 rings (SSSR count). The molecule has 1 heterocycles. The summed E-state index contributed by atoms with van der Waals surface area (Å²) in [4.78, 5) is 4.88. The molecule has 21 heavy (non-hydrogen) atoms. The summed E-state index contributed by atoms with van der Waals surface area (Å²) in [5, 5.41) is 0. The Morgan fingerprint density at radius 2 is 1.33 bits per heavy atom. The van der Waals surface area contributed by atoms with Gasteiger partial charge in [0.15, 0.2) is 12.0 Å². The van der Waals surface area contributed by atoms with Gasteiger partial charge in [-0.2, -0.15) is 0 Å². The lowest BCUT2D eigenvalue weighted by molar-refractivity contribution is 0.177. The van der Waals surface area contributed by atoms with Crippen molar-refractivity contribution in [3.63, 3.8) is 0 Å². The topological polar surface area (TPSA) is 21.6 Å². The molecular weight excluding hydrogens is 258 g/mol. The lowest BCUT2D eigenvalue weighted by Crippen LogP contribution is -2.21. The summed E-state index contributed by atoms with van der Waals surface area (Å²) in [5.74, 6) is 0.838. The quantitative estimate of drug-likeness (QED) is 0.762. The van der Waals surface area contributed by atoms with Crippen LogP contribution in [0.1, 0.15) is 44.0 Å². The Morgan fingerprint density at radius 3 is 1.86 bits per heavy atom. The predicted molar refractivity (Wildman–Crippen MR) is 86.3 cm³/mol. The van der Waals surface area contributed by atoms with E-state index in [0.717, 1.165) is 5.90 Å². The second-order valence-electron chi connectivity index (χ2n) is 6.49. The van der Waals surface area contributed by atoms with Crippen molar-refractivity contribution in [2.75, 3.05) is 0 Å². The zero-order valence-corrected chi connectivity index (χ0v) is 12.8. The Hall–Kier alpha value is -2.09. The standard InChI is InChI=1S/C19H21NO/c1-19(2,3)18-20-16(14-10-6-4-7-11-14)17(21-18)15-12-8-5-9-13-15/h4-13,16-17H,1-3H3/t16-,17-/m0/s1. The molecular formula is C19H21NO. The lowest BCUT2D eigenvalue weighted by atomic mass is 9.96. The van der Waals surface area contributed by atoms with Gasteiger partial charge in [0.25, 0.3) is 0 Å². The van der Waals surface area contributed by atoms with Gasteiger partial charge in [-0.3, -0.25) is 0 Å². The second-order valence-corrected chi connectivity index (χ2v) is 6.49. The highest BCUT2D eigenvalue weighted by Crippen LogP contribution is 2.42. The van der Waals surface area contributed by atoms with Crippen LogP contribution >= 0.6 is 0 Å². The minimum Gasteiger partial charge on any atom is -0.470 e. The molecule has 0 N–H and O–H groups in total. The van der Waals surface area contributed by atoms with E-state index < -0.39 is 0 Å². The number of aliphatic imine (C=N–C) groups is 1. The average Bonchev–Trinajstić information content (AvgIpc) is 2.94. The Balaban J connectivity index is 2.00. The molecule has 2 aromatic carbocycles. The Morgan fingerprint density at radius 1 is 0.810 bits per heavy atom. The summed E-state index contributed by atoms with van der Waals surface area (Å²) in [6.45, 7) is 6.42. The molecule has 0 aliphatic carbocycles. The number of hydrogen-bond acceptors (Lipinski definition) is 2. The number of ether oxygens (including phenoxy) is 1. The van der Waals surface area contributed by atoms with E-state index in [2.05, 4.69) is 69.3 Å². The van der Waals surface area contributed by atoms with Gasteiger partial charge in [-0.05, 0) is 11.1 Å². The molecule has 0 spiro atoms. The molecule has 2 aromatic rings. The van der Waals surface area contributed by atoms with Crippen LogP contribution in [0.15, 0.2) is 65.7 Å². The lowest BCUT2D eigenvalue weighted by Gasteiger charge is -2.21. The number of benzene rings is 2. The van der Waals surface area contributed by atoms with Gasteiger partial charge in [0.05, 0.1) is 0 Å². The van der Waals surface area contributed by atoms with Crippen molar-refractivity contribution >= 4 is 5.90 Å². The van der Waals surface area contributed by atoms with Crippen LogP contribution < -0.4 is 0 Å². The van der Waals surface area contributed by atoms with Crippen molar-refractivity contribution in [3.05, 3.63) is 71.8 Å². The van der Waals surface area contributed by atoms with Gasteiger partial charge in [-0.25, -0.2) is 4.99 Å². The van der Waals surface area contributed by atoms with Gasteiger partial charge in [0.2, 0.25) is 0 Å². The summed E-state index contributed by atoms with van der Waals surface area (Å²) in [7, 11) is 0. The van der Waals surface area contributed by atoms with Crippen molar-refractivity contribution < 1.29 is 4.74 Å². The molecule has 0 aromatic heterocycles. The van der Waals surface area contributed by atoms with E-state index in [-0.39, 0.29) is 17.6 Å². The van der Waals surface area contributed by atoms with Crippen LogP contribution in [-0.2, 0) is 4.74 Å². The van der Waals surface area contributed by atoms with Crippen molar-refractivity contribution in [2.24, 2.45) is 10.4 Å².